The Hall–Kier alpha value is -1.85. The molecule has 0 amide bonds. The van der Waals surface area contributed by atoms with Crippen LogP contribution < -0.4 is 0 Å². The number of hydrogen-bond acceptors (Lipinski definition) is 2. The molecule has 0 aliphatic rings. The number of rotatable bonds is 6. The van der Waals surface area contributed by atoms with Gasteiger partial charge in [-0.05, 0) is 30.4 Å². The van der Waals surface area contributed by atoms with Crippen LogP contribution in [0, 0.1) is 6.92 Å². The average Bonchev–Trinajstić information content (AvgIpc) is 2.54. The van der Waals surface area contributed by atoms with Gasteiger partial charge in [-0.25, -0.2) is 0 Å². The number of benzene rings is 2. The summed E-state index contributed by atoms with van der Waals surface area (Å²) < 4.78 is 38.5. The summed E-state index contributed by atoms with van der Waals surface area (Å²) in [6, 6.07) is 16.1. The largest absolute Gasteiger partial charge is 0.414 e. The summed E-state index contributed by atoms with van der Waals surface area (Å²) in [5.41, 5.74) is 2.40. The van der Waals surface area contributed by atoms with Gasteiger partial charge in [0.2, 0.25) is 0 Å². The van der Waals surface area contributed by atoms with E-state index in [0.717, 1.165) is 11.1 Å². The summed E-state index contributed by atoms with van der Waals surface area (Å²) in [6.07, 6.45) is -7.60. The molecule has 0 saturated carbocycles. The molecule has 0 aliphatic heterocycles. The fourth-order valence-corrected chi connectivity index (χ4v) is 2.97. The predicted molar refractivity (Wildman–Crippen MR) is 86.9 cm³/mol. The first-order chi connectivity index (χ1) is 11.3. The van der Waals surface area contributed by atoms with Gasteiger partial charge >= 0.3 is 6.18 Å². The predicted octanol–water partition coefficient (Wildman–Crippen LogP) is 4.17. The van der Waals surface area contributed by atoms with E-state index in [1.165, 1.54) is 0 Å². The molecule has 24 heavy (non-hydrogen) atoms. The highest BCUT2D eigenvalue weighted by Gasteiger charge is 2.41. The Labute approximate surface area is 139 Å². The zero-order valence-corrected chi connectivity index (χ0v) is 13.4. The standard InChI is InChI=1S/C19H21F3O2/c1-13-6-5-9-15(10-13)17(12-23)16(11-18(24)19(20,21)22)14-7-3-2-4-8-14/h2-10,16-18,23-24H,11-12H2,1H3/t16-,17-,18+/m0/s1. The van der Waals surface area contributed by atoms with Gasteiger partial charge in [0.05, 0.1) is 6.61 Å². The highest BCUT2D eigenvalue weighted by molar-refractivity contribution is 5.31. The van der Waals surface area contributed by atoms with Gasteiger partial charge < -0.3 is 10.2 Å². The van der Waals surface area contributed by atoms with Crippen LogP contribution in [0.2, 0.25) is 0 Å². The first kappa shape index (κ1) is 18.5. The highest BCUT2D eigenvalue weighted by Crippen LogP contribution is 2.39. The molecule has 0 bridgehead atoms. The van der Waals surface area contributed by atoms with Crippen molar-refractivity contribution in [1.29, 1.82) is 0 Å². The molecule has 5 heteroatoms. The van der Waals surface area contributed by atoms with Gasteiger partial charge in [-0.3, -0.25) is 0 Å². The summed E-state index contributed by atoms with van der Waals surface area (Å²) in [4.78, 5) is 0. The smallest absolute Gasteiger partial charge is 0.396 e. The number of aliphatic hydroxyl groups excluding tert-OH is 2. The average molecular weight is 338 g/mol. The molecular weight excluding hydrogens is 317 g/mol. The zero-order valence-electron chi connectivity index (χ0n) is 13.4. The van der Waals surface area contributed by atoms with Crippen LogP contribution in [0.1, 0.15) is 34.9 Å². The molecule has 0 heterocycles. The minimum absolute atomic E-state index is 0.298. The van der Waals surface area contributed by atoms with Crippen LogP contribution in [-0.2, 0) is 0 Å². The van der Waals surface area contributed by atoms with E-state index >= 15 is 0 Å². The summed E-state index contributed by atoms with van der Waals surface area (Å²) in [5, 5.41) is 19.4. The van der Waals surface area contributed by atoms with Crippen molar-refractivity contribution in [3.63, 3.8) is 0 Å². The summed E-state index contributed by atoms with van der Waals surface area (Å²) in [5.74, 6) is -1.17. The molecule has 2 aromatic carbocycles. The van der Waals surface area contributed by atoms with Crippen molar-refractivity contribution in [2.75, 3.05) is 6.61 Å². The molecule has 0 unspecified atom stereocenters. The Balaban J connectivity index is 2.40. The Kier molecular flexibility index (Phi) is 6.02. The zero-order chi connectivity index (χ0) is 17.7. The van der Waals surface area contributed by atoms with E-state index < -0.39 is 30.5 Å². The molecule has 2 N–H and O–H groups in total. The molecule has 0 fully saturated rings. The number of halogens is 3. The molecule has 0 aromatic heterocycles. The Morgan fingerprint density at radius 3 is 2.08 bits per heavy atom. The molecule has 2 aromatic rings. The van der Waals surface area contributed by atoms with E-state index in [4.69, 9.17) is 0 Å². The monoisotopic (exact) mass is 338 g/mol. The van der Waals surface area contributed by atoms with Gasteiger partial charge in [0.1, 0.15) is 6.10 Å². The van der Waals surface area contributed by atoms with Gasteiger partial charge in [0.15, 0.2) is 0 Å². The van der Waals surface area contributed by atoms with Crippen molar-refractivity contribution >= 4 is 0 Å². The molecule has 0 radical (unpaired) electrons. The Morgan fingerprint density at radius 2 is 1.54 bits per heavy atom. The molecule has 0 spiro atoms. The Bertz CT molecular complexity index is 641. The van der Waals surface area contributed by atoms with Crippen LogP contribution in [0.4, 0.5) is 13.2 Å². The van der Waals surface area contributed by atoms with Crippen molar-refractivity contribution in [1.82, 2.24) is 0 Å². The molecule has 2 nitrogen and oxygen atoms in total. The van der Waals surface area contributed by atoms with Gasteiger partial charge in [0, 0.05) is 5.92 Å². The number of hydrogen-bond donors (Lipinski definition) is 2. The lowest BCUT2D eigenvalue weighted by atomic mass is 9.78. The summed E-state index contributed by atoms with van der Waals surface area (Å²) in [7, 11) is 0. The first-order valence-corrected chi connectivity index (χ1v) is 7.80. The van der Waals surface area contributed by atoms with Crippen LogP contribution in [-0.4, -0.2) is 29.1 Å². The van der Waals surface area contributed by atoms with E-state index in [-0.39, 0.29) is 6.61 Å². The van der Waals surface area contributed by atoms with Gasteiger partial charge in [-0.15, -0.1) is 0 Å². The van der Waals surface area contributed by atoms with Crippen LogP contribution in [0.25, 0.3) is 0 Å². The van der Waals surface area contributed by atoms with Crippen molar-refractivity contribution in [2.24, 2.45) is 0 Å². The second-order valence-corrected chi connectivity index (χ2v) is 6.01. The maximum atomic E-state index is 12.8. The quantitative estimate of drug-likeness (QED) is 0.830. The van der Waals surface area contributed by atoms with E-state index in [1.807, 2.05) is 25.1 Å². The van der Waals surface area contributed by atoms with Gasteiger partial charge in [-0.1, -0.05) is 60.2 Å². The number of aliphatic hydroxyl groups is 2. The van der Waals surface area contributed by atoms with Gasteiger partial charge in [0.25, 0.3) is 0 Å². The van der Waals surface area contributed by atoms with Crippen LogP contribution >= 0.6 is 0 Å². The SMILES string of the molecule is Cc1cccc([C@H](CO)[C@@H](C[C@@H](O)C(F)(F)F)c2ccccc2)c1. The van der Waals surface area contributed by atoms with E-state index in [2.05, 4.69) is 0 Å². The fourth-order valence-electron chi connectivity index (χ4n) is 2.97. The number of alkyl halides is 3. The fraction of sp³-hybridized carbons (Fsp3) is 0.368. The minimum atomic E-state index is -4.68. The third-order valence-corrected chi connectivity index (χ3v) is 4.24. The van der Waals surface area contributed by atoms with E-state index in [1.54, 1.807) is 36.4 Å². The Morgan fingerprint density at radius 1 is 0.917 bits per heavy atom. The molecule has 2 rings (SSSR count). The second-order valence-electron chi connectivity index (χ2n) is 6.01. The maximum absolute atomic E-state index is 12.8. The van der Waals surface area contributed by atoms with Gasteiger partial charge in [-0.2, -0.15) is 13.2 Å². The molecule has 3 atom stereocenters. The van der Waals surface area contributed by atoms with Crippen molar-refractivity contribution in [2.45, 2.75) is 37.5 Å². The summed E-state index contributed by atoms with van der Waals surface area (Å²) >= 11 is 0. The second kappa shape index (κ2) is 7.81. The summed E-state index contributed by atoms with van der Waals surface area (Å²) in [6.45, 7) is 1.59. The lowest BCUT2D eigenvalue weighted by Gasteiger charge is -2.29. The van der Waals surface area contributed by atoms with Crippen LogP contribution in [0.5, 0.6) is 0 Å². The van der Waals surface area contributed by atoms with Crippen LogP contribution in [0.15, 0.2) is 54.6 Å². The highest BCUT2D eigenvalue weighted by atomic mass is 19.4. The van der Waals surface area contributed by atoms with Crippen molar-refractivity contribution < 1.29 is 23.4 Å². The minimum Gasteiger partial charge on any atom is -0.396 e. The van der Waals surface area contributed by atoms with Crippen molar-refractivity contribution in [3.05, 3.63) is 71.3 Å². The maximum Gasteiger partial charge on any atom is 0.414 e. The third-order valence-electron chi connectivity index (χ3n) is 4.24. The molecule has 0 aliphatic carbocycles. The molecule has 0 saturated heterocycles. The lowest BCUT2D eigenvalue weighted by molar-refractivity contribution is -0.207. The van der Waals surface area contributed by atoms with E-state index in [9.17, 15) is 23.4 Å². The topological polar surface area (TPSA) is 40.5 Å². The molecule has 130 valence electrons. The third kappa shape index (κ3) is 4.58. The lowest BCUT2D eigenvalue weighted by Crippen LogP contribution is -2.32. The van der Waals surface area contributed by atoms with Crippen LogP contribution in [0.3, 0.4) is 0 Å². The van der Waals surface area contributed by atoms with E-state index in [0.29, 0.717) is 5.56 Å². The van der Waals surface area contributed by atoms with Crippen molar-refractivity contribution in [3.8, 4) is 0 Å². The first-order valence-electron chi connectivity index (χ1n) is 7.80. The molecular formula is C19H21F3O2. The normalized spacial score (nSPS) is 15.8. The number of aryl methyl sites for hydroxylation is 1.